The lowest BCUT2D eigenvalue weighted by Gasteiger charge is -2.17. The fourth-order valence-corrected chi connectivity index (χ4v) is 1.79. The van der Waals surface area contributed by atoms with Gasteiger partial charge in [-0.15, -0.1) is 0 Å². The smallest absolute Gasteiger partial charge is 0.216 e. The van der Waals surface area contributed by atoms with E-state index < -0.39 is 0 Å². The Hall–Kier alpha value is -1.20. The molecular formula is C14H25N3O2. The van der Waals surface area contributed by atoms with Crippen LogP contribution in [0.15, 0.2) is 12.4 Å². The highest BCUT2D eigenvalue weighted by Gasteiger charge is 2.10. The first-order valence-corrected chi connectivity index (χ1v) is 6.85. The van der Waals surface area contributed by atoms with E-state index >= 15 is 0 Å². The highest BCUT2D eigenvalue weighted by Crippen LogP contribution is 2.10. The Morgan fingerprint density at radius 1 is 1.32 bits per heavy atom. The van der Waals surface area contributed by atoms with Crippen molar-refractivity contribution in [3.63, 3.8) is 0 Å². The van der Waals surface area contributed by atoms with E-state index in [4.69, 9.17) is 9.47 Å². The molecule has 0 saturated heterocycles. The van der Waals surface area contributed by atoms with Crippen molar-refractivity contribution in [1.82, 2.24) is 15.3 Å². The quantitative estimate of drug-likeness (QED) is 0.739. The number of methoxy groups -OCH3 is 1. The summed E-state index contributed by atoms with van der Waals surface area (Å²) < 4.78 is 10.8. The van der Waals surface area contributed by atoms with Crippen LogP contribution in [-0.2, 0) is 11.2 Å². The molecule has 5 heteroatoms. The SMILES string of the molecule is CCCNC(COC)Cc1cc(OC(C)C)ncn1. The molecule has 0 bridgehead atoms. The first kappa shape index (κ1) is 15.9. The summed E-state index contributed by atoms with van der Waals surface area (Å²) in [7, 11) is 1.72. The van der Waals surface area contributed by atoms with Crippen LogP contribution in [0.4, 0.5) is 0 Å². The summed E-state index contributed by atoms with van der Waals surface area (Å²) in [6.07, 6.45) is 3.59. The molecule has 0 radical (unpaired) electrons. The fourth-order valence-electron chi connectivity index (χ4n) is 1.79. The minimum Gasteiger partial charge on any atom is -0.475 e. The average molecular weight is 267 g/mol. The van der Waals surface area contributed by atoms with E-state index in [0.717, 1.165) is 25.1 Å². The van der Waals surface area contributed by atoms with Crippen LogP contribution >= 0.6 is 0 Å². The molecule has 0 aromatic carbocycles. The van der Waals surface area contributed by atoms with Crippen molar-refractivity contribution < 1.29 is 9.47 Å². The fraction of sp³-hybridized carbons (Fsp3) is 0.714. The summed E-state index contributed by atoms with van der Waals surface area (Å²) in [5.41, 5.74) is 0.969. The summed E-state index contributed by atoms with van der Waals surface area (Å²) in [5.74, 6) is 0.631. The van der Waals surface area contributed by atoms with Crippen LogP contribution in [0.5, 0.6) is 5.88 Å². The molecule has 1 N–H and O–H groups in total. The van der Waals surface area contributed by atoms with Crippen LogP contribution in [0.3, 0.4) is 0 Å². The molecule has 0 saturated carbocycles. The van der Waals surface area contributed by atoms with E-state index in [0.29, 0.717) is 12.5 Å². The number of aromatic nitrogens is 2. The zero-order chi connectivity index (χ0) is 14.1. The number of rotatable bonds is 9. The summed E-state index contributed by atoms with van der Waals surface area (Å²) in [6.45, 7) is 7.77. The van der Waals surface area contributed by atoms with Gasteiger partial charge in [0.25, 0.3) is 0 Å². The van der Waals surface area contributed by atoms with E-state index in [9.17, 15) is 0 Å². The topological polar surface area (TPSA) is 56.3 Å². The van der Waals surface area contributed by atoms with Crippen LogP contribution in [0.25, 0.3) is 0 Å². The third kappa shape index (κ3) is 6.50. The Bertz CT molecular complexity index is 358. The highest BCUT2D eigenvalue weighted by atomic mass is 16.5. The number of hydrogen-bond donors (Lipinski definition) is 1. The van der Waals surface area contributed by atoms with Gasteiger partial charge < -0.3 is 14.8 Å². The van der Waals surface area contributed by atoms with Crippen LogP contribution in [0.2, 0.25) is 0 Å². The number of nitrogens with zero attached hydrogens (tertiary/aromatic N) is 2. The minimum atomic E-state index is 0.121. The van der Waals surface area contributed by atoms with Gasteiger partial charge in [-0.2, -0.15) is 0 Å². The number of ether oxygens (including phenoxy) is 2. The predicted molar refractivity (Wildman–Crippen MR) is 75.5 cm³/mol. The molecule has 0 fully saturated rings. The van der Waals surface area contributed by atoms with Gasteiger partial charge in [-0.1, -0.05) is 6.92 Å². The van der Waals surface area contributed by atoms with Crippen molar-refractivity contribution in [3.8, 4) is 5.88 Å². The van der Waals surface area contributed by atoms with Gasteiger partial charge >= 0.3 is 0 Å². The third-order valence-electron chi connectivity index (χ3n) is 2.56. The number of hydrogen-bond acceptors (Lipinski definition) is 5. The Kier molecular flexibility index (Phi) is 7.36. The predicted octanol–water partition coefficient (Wildman–Crippen LogP) is 1.82. The summed E-state index contributed by atoms with van der Waals surface area (Å²) in [4.78, 5) is 8.40. The maximum absolute atomic E-state index is 5.57. The first-order valence-electron chi connectivity index (χ1n) is 6.85. The van der Waals surface area contributed by atoms with Gasteiger partial charge in [-0.25, -0.2) is 9.97 Å². The first-order chi connectivity index (χ1) is 9.15. The van der Waals surface area contributed by atoms with Crippen LogP contribution in [-0.4, -0.2) is 42.4 Å². The summed E-state index contributed by atoms with van der Waals surface area (Å²) in [5, 5.41) is 3.45. The lowest BCUT2D eigenvalue weighted by Crippen LogP contribution is -2.35. The van der Waals surface area contributed by atoms with Crippen molar-refractivity contribution >= 4 is 0 Å². The van der Waals surface area contributed by atoms with Gasteiger partial charge in [0.15, 0.2) is 0 Å². The van der Waals surface area contributed by atoms with Crippen LogP contribution in [0.1, 0.15) is 32.9 Å². The Balaban J connectivity index is 2.61. The van der Waals surface area contributed by atoms with Gasteiger partial charge in [-0.05, 0) is 26.8 Å². The molecule has 1 aromatic heterocycles. The van der Waals surface area contributed by atoms with Gasteiger partial charge in [0.1, 0.15) is 6.33 Å². The molecular weight excluding hydrogens is 242 g/mol. The second-order valence-electron chi connectivity index (χ2n) is 4.82. The van der Waals surface area contributed by atoms with Gasteiger partial charge in [0.05, 0.1) is 12.7 Å². The molecule has 0 aliphatic carbocycles. The van der Waals surface area contributed by atoms with Gasteiger partial charge in [0, 0.05) is 31.3 Å². The minimum absolute atomic E-state index is 0.121. The molecule has 1 unspecified atom stereocenters. The van der Waals surface area contributed by atoms with E-state index in [-0.39, 0.29) is 12.1 Å². The van der Waals surface area contributed by atoms with E-state index in [2.05, 4.69) is 22.2 Å². The molecule has 1 rings (SSSR count). The van der Waals surface area contributed by atoms with E-state index in [1.54, 1.807) is 13.4 Å². The second-order valence-corrected chi connectivity index (χ2v) is 4.82. The molecule has 108 valence electrons. The normalized spacial score (nSPS) is 12.7. The maximum atomic E-state index is 5.57. The molecule has 0 spiro atoms. The van der Waals surface area contributed by atoms with Gasteiger partial charge in [0.2, 0.25) is 5.88 Å². The Morgan fingerprint density at radius 3 is 2.74 bits per heavy atom. The lowest BCUT2D eigenvalue weighted by molar-refractivity contribution is 0.165. The second kappa shape index (κ2) is 8.82. The number of nitrogens with one attached hydrogen (secondary N) is 1. The lowest BCUT2D eigenvalue weighted by atomic mass is 10.1. The monoisotopic (exact) mass is 267 g/mol. The molecule has 0 aliphatic rings. The largest absolute Gasteiger partial charge is 0.475 e. The maximum Gasteiger partial charge on any atom is 0.216 e. The van der Waals surface area contributed by atoms with E-state index in [1.165, 1.54) is 0 Å². The van der Waals surface area contributed by atoms with Crippen LogP contribution in [0, 0.1) is 0 Å². The van der Waals surface area contributed by atoms with Crippen molar-refractivity contribution in [2.75, 3.05) is 20.3 Å². The summed E-state index contributed by atoms with van der Waals surface area (Å²) >= 11 is 0. The zero-order valence-corrected chi connectivity index (χ0v) is 12.3. The standard InChI is InChI=1S/C14H25N3O2/c1-5-6-15-13(9-18-4)7-12-8-14(17-10-16-12)19-11(2)3/h8,10-11,13,15H,5-7,9H2,1-4H3. The molecule has 0 amide bonds. The molecule has 19 heavy (non-hydrogen) atoms. The Labute approximate surface area is 115 Å². The van der Waals surface area contributed by atoms with Crippen molar-refractivity contribution in [2.24, 2.45) is 0 Å². The molecule has 1 atom stereocenters. The molecule has 1 heterocycles. The highest BCUT2D eigenvalue weighted by molar-refractivity contribution is 5.14. The molecule has 5 nitrogen and oxygen atoms in total. The van der Waals surface area contributed by atoms with E-state index in [1.807, 2.05) is 19.9 Å². The van der Waals surface area contributed by atoms with Crippen LogP contribution < -0.4 is 10.1 Å². The third-order valence-corrected chi connectivity index (χ3v) is 2.56. The van der Waals surface area contributed by atoms with Gasteiger partial charge in [-0.3, -0.25) is 0 Å². The average Bonchev–Trinajstić information content (AvgIpc) is 2.36. The summed E-state index contributed by atoms with van der Waals surface area (Å²) in [6, 6.07) is 2.17. The van der Waals surface area contributed by atoms with Crippen molar-refractivity contribution in [2.45, 2.75) is 45.8 Å². The molecule has 1 aromatic rings. The van der Waals surface area contributed by atoms with Crippen molar-refractivity contribution in [3.05, 3.63) is 18.1 Å². The molecule has 0 aliphatic heterocycles. The Morgan fingerprint density at radius 2 is 2.11 bits per heavy atom. The van der Waals surface area contributed by atoms with Crippen molar-refractivity contribution in [1.29, 1.82) is 0 Å². The zero-order valence-electron chi connectivity index (χ0n) is 12.3.